The Morgan fingerprint density at radius 3 is 2.85 bits per heavy atom. The highest BCUT2D eigenvalue weighted by Gasteiger charge is 2.24. The third-order valence-corrected chi connectivity index (χ3v) is 6.47. The number of nitrogens with one attached hydrogen (secondary N) is 2. The number of fused-ring (bicyclic) bond motifs is 1. The van der Waals surface area contributed by atoms with Gasteiger partial charge in [-0.05, 0) is 37.3 Å². The summed E-state index contributed by atoms with van der Waals surface area (Å²) in [7, 11) is 0. The predicted octanol–water partition coefficient (Wildman–Crippen LogP) is 1.61. The van der Waals surface area contributed by atoms with Crippen LogP contribution in [0.25, 0.3) is 0 Å². The molecule has 1 aromatic heterocycles. The van der Waals surface area contributed by atoms with Gasteiger partial charge in [-0.25, -0.2) is 4.98 Å². The van der Waals surface area contributed by atoms with Gasteiger partial charge in [0.05, 0.1) is 31.9 Å². The summed E-state index contributed by atoms with van der Waals surface area (Å²) in [6.45, 7) is 6.80. The van der Waals surface area contributed by atoms with Crippen LogP contribution in [-0.2, 0) is 17.6 Å². The van der Waals surface area contributed by atoms with Crippen molar-refractivity contribution in [2.24, 2.45) is 5.92 Å². The van der Waals surface area contributed by atoms with Crippen LogP contribution in [0.3, 0.4) is 0 Å². The van der Waals surface area contributed by atoms with Crippen LogP contribution in [0, 0.1) is 5.92 Å². The zero-order chi connectivity index (χ0) is 17.9. The Balaban J connectivity index is 1.27. The van der Waals surface area contributed by atoms with Gasteiger partial charge >= 0.3 is 0 Å². The summed E-state index contributed by atoms with van der Waals surface area (Å²) < 4.78 is 0. The van der Waals surface area contributed by atoms with Crippen LogP contribution in [0.5, 0.6) is 0 Å². The van der Waals surface area contributed by atoms with Crippen LogP contribution in [-0.4, -0.2) is 43.6 Å². The lowest BCUT2D eigenvalue weighted by atomic mass is 9.93. The molecule has 6 heteroatoms. The van der Waals surface area contributed by atoms with Crippen molar-refractivity contribution >= 4 is 28.1 Å². The number of anilines is 2. The van der Waals surface area contributed by atoms with E-state index in [9.17, 15) is 4.79 Å². The summed E-state index contributed by atoms with van der Waals surface area (Å²) in [5.41, 5.74) is 2.48. The first kappa shape index (κ1) is 17.5. The summed E-state index contributed by atoms with van der Waals surface area (Å²) in [5.74, 6) is 0.823. The maximum absolute atomic E-state index is 12.4. The van der Waals surface area contributed by atoms with E-state index in [1.54, 1.807) is 11.3 Å². The fourth-order valence-electron chi connectivity index (χ4n) is 3.88. The highest BCUT2D eigenvalue weighted by molar-refractivity contribution is 7.15. The zero-order valence-corrected chi connectivity index (χ0v) is 16.1. The number of quaternary nitrogens is 1. The molecule has 0 radical (unpaired) electrons. The first-order valence-electron chi connectivity index (χ1n) is 9.59. The summed E-state index contributed by atoms with van der Waals surface area (Å²) >= 11 is 1.67. The summed E-state index contributed by atoms with van der Waals surface area (Å²) in [5, 5.41) is 3.83. The van der Waals surface area contributed by atoms with Crippen molar-refractivity contribution in [3.8, 4) is 0 Å². The molecule has 4 rings (SSSR count). The van der Waals surface area contributed by atoms with Gasteiger partial charge in [0.15, 0.2) is 11.7 Å². The molecule has 1 fully saturated rings. The van der Waals surface area contributed by atoms with Crippen LogP contribution < -0.4 is 15.1 Å². The zero-order valence-electron chi connectivity index (χ0n) is 15.3. The van der Waals surface area contributed by atoms with Crippen molar-refractivity contribution in [2.45, 2.75) is 26.2 Å². The molecule has 0 saturated carbocycles. The maximum Gasteiger partial charge on any atom is 0.281 e. The van der Waals surface area contributed by atoms with Gasteiger partial charge in [-0.3, -0.25) is 10.1 Å². The number of aryl methyl sites for hydroxylation is 1. The molecule has 5 nitrogen and oxygen atoms in total. The molecule has 2 heterocycles. The number of aromatic nitrogens is 1. The van der Waals surface area contributed by atoms with Crippen LogP contribution in [0.15, 0.2) is 30.3 Å². The minimum Gasteiger partial charge on any atom is -0.360 e. The average Bonchev–Trinajstić information content (AvgIpc) is 3.04. The monoisotopic (exact) mass is 371 g/mol. The SMILES string of the molecule is C[C@H]1CCc2nc(NC(=O)C[NH+]3CCN(c4ccccc4)CC3)sc2C1. The summed E-state index contributed by atoms with van der Waals surface area (Å²) in [6, 6.07) is 10.5. The lowest BCUT2D eigenvalue weighted by Gasteiger charge is -2.33. The number of carbonyl (C=O) groups is 1. The Kier molecular flexibility index (Phi) is 5.22. The molecule has 0 bridgehead atoms. The van der Waals surface area contributed by atoms with Gasteiger partial charge < -0.3 is 9.80 Å². The third-order valence-electron chi connectivity index (χ3n) is 5.43. The lowest BCUT2D eigenvalue weighted by molar-refractivity contribution is -0.892. The average molecular weight is 372 g/mol. The molecule has 1 aromatic carbocycles. The van der Waals surface area contributed by atoms with Gasteiger partial charge in [-0.2, -0.15) is 0 Å². The van der Waals surface area contributed by atoms with E-state index in [2.05, 4.69) is 46.4 Å². The molecule has 0 spiro atoms. The van der Waals surface area contributed by atoms with Crippen molar-refractivity contribution in [1.82, 2.24) is 4.98 Å². The number of piperazine rings is 1. The van der Waals surface area contributed by atoms with Gasteiger partial charge in [0.2, 0.25) is 0 Å². The van der Waals surface area contributed by atoms with Crippen molar-refractivity contribution < 1.29 is 9.69 Å². The van der Waals surface area contributed by atoms with E-state index in [0.717, 1.165) is 50.1 Å². The topological polar surface area (TPSA) is 49.7 Å². The molecule has 2 aromatic rings. The quantitative estimate of drug-likeness (QED) is 0.859. The van der Waals surface area contributed by atoms with Crippen LogP contribution >= 0.6 is 11.3 Å². The third kappa shape index (κ3) is 4.07. The second kappa shape index (κ2) is 7.76. The second-order valence-corrected chi connectivity index (χ2v) is 8.62. The predicted molar refractivity (Wildman–Crippen MR) is 106 cm³/mol. The molecule has 1 aliphatic heterocycles. The number of nitrogens with zero attached hydrogens (tertiary/aromatic N) is 2. The molecule has 1 atom stereocenters. The normalized spacial score (nSPS) is 20.7. The first-order valence-corrected chi connectivity index (χ1v) is 10.4. The Hall–Kier alpha value is -1.92. The molecule has 0 unspecified atom stereocenters. The Bertz CT molecular complexity index is 752. The summed E-state index contributed by atoms with van der Waals surface area (Å²) in [6.07, 6.45) is 3.37. The molecule has 2 N–H and O–H groups in total. The fourth-order valence-corrected chi connectivity index (χ4v) is 5.07. The number of carbonyl (C=O) groups excluding carboxylic acids is 1. The van der Waals surface area contributed by atoms with Crippen molar-refractivity contribution in [2.75, 3.05) is 42.9 Å². The molecule has 138 valence electrons. The number of benzene rings is 1. The smallest absolute Gasteiger partial charge is 0.281 e. The van der Waals surface area contributed by atoms with Crippen molar-refractivity contribution in [3.63, 3.8) is 0 Å². The first-order chi connectivity index (χ1) is 12.7. The number of amides is 1. The Morgan fingerprint density at radius 2 is 2.08 bits per heavy atom. The van der Waals surface area contributed by atoms with Gasteiger partial charge in [0.25, 0.3) is 5.91 Å². The maximum atomic E-state index is 12.4. The molecular formula is C20H27N4OS+. The fraction of sp³-hybridized carbons (Fsp3) is 0.500. The summed E-state index contributed by atoms with van der Waals surface area (Å²) in [4.78, 5) is 22.2. The highest BCUT2D eigenvalue weighted by atomic mass is 32.1. The van der Waals surface area contributed by atoms with Crippen LogP contribution in [0.2, 0.25) is 0 Å². The van der Waals surface area contributed by atoms with Gasteiger partial charge in [-0.15, -0.1) is 11.3 Å². The molecule has 2 aliphatic rings. The molecule has 1 aliphatic carbocycles. The Labute approximate surface area is 159 Å². The van der Waals surface area contributed by atoms with E-state index in [-0.39, 0.29) is 5.91 Å². The van der Waals surface area contributed by atoms with Gasteiger partial charge in [0.1, 0.15) is 0 Å². The number of thiazole rings is 1. The molecule has 26 heavy (non-hydrogen) atoms. The largest absolute Gasteiger partial charge is 0.360 e. The highest BCUT2D eigenvalue weighted by Crippen LogP contribution is 2.31. The minimum atomic E-state index is 0.0901. The van der Waals surface area contributed by atoms with E-state index in [4.69, 9.17) is 0 Å². The van der Waals surface area contributed by atoms with Crippen LogP contribution in [0.1, 0.15) is 23.9 Å². The number of hydrogen-bond donors (Lipinski definition) is 2. The molecule has 1 saturated heterocycles. The standard InChI is InChI=1S/C20H26N4OS/c1-15-7-8-17-18(13-15)26-20(21-17)22-19(25)14-23-9-11-24(12-10-23)16-5-3-2-4-6-16/h2-6,15H,7-14H2,1H3,(H,21,22,25)/p+1/t15-/m0/s1. The Morgan fingerprint density at radius 1 is 1.31 bits per heavy atom. The molecular weight excluding hydrogens is 344 g/mol. The van der Waals surface area contributed by atoms with Crippen molar-refractivity contribution in [1.29, 1.82) is 0 Å². The van der Waals surface area contributed by atoms with E-state index >= 15 is 0 Å². The van der Waals surface area contributed by atoms with Gasteiger partial charge in [0, 0.05) is 10.6 Å². The second-order valence-electron chi connectivity index (χ2n) is 7.53. The number of para-hydroxylation sites is 1. The number of rotatable bonds is 4. The van der Waals surface area contributed by atoms with E-state index in [0.29, 0.717) is 6.54 Å². The van der Waals surface area contributed by atoms with E-state index < -0.39 is 0 Å². The van der Waals surface area contributed by atoms with E-state index in [1.807, 2.05) is 6.07 Å². The number of hydrogen-bond acceptors (Lipinski definition) is 4. The lowest BCUT2D eigenvalue weighted by Crippen LogP contribution is -3.15. The molecule has 1 amide bonds. The van der Waals surface area contributed by atoms with Gasteiger partial charge in [-0.1, -0.05) is 25.1 Å². The van der Waals surface area contributed by atoms with Crippen LogP contribution in [0.4, 0.5) is 10.8 Å². The minimum absolute atomic E-state index is 0.0901. The van der Waals surface area contributed by atoms with E-state index in [1.165, 1.54) is 27.6 Å². The van der Waals surface area contributed by atoms with Crippen molar-refractivity contribution in [3.05, 3.63) is 40.9 Å².